The van der Waals surface area contributed by atoms with Crippen LogP contribution in [0.1, 0.15) is 5.56 Å². The minimum atomic E-state index is -0.681. The van der Waals surface area contributed by atoms with Gasteiger partial charge in [-0.1, -0.05) is 23.2 Å². The molecule has 0 unspecified atom stereocenters. The fourth-order valence-corrected chi connectivity index (χ4v) is 1.45. The number of nitriles is 1. The van der Waals surface area contributed by atoms with Gasteiger partial charge in [-0.15, -0.1) is 10.2 Å². The SMILES string of the molecule is N#Cc1ccc(Oc2cc(Cl)nnc2Cl)cc1F. The Morgan fingerprint density at radius 2 is 2.00 bits per heavy atom. The van der Waals surface area contributed by atoms with Crippen molar-refractivity contribution in [3.8, 4) is 17.6 Å². The van der Waals surface area contributed by atoms with Crippen molar-refractivity contribution in [1.82, 2.24) is 10.2 Å². The summed E-state index contributed by atoms with van der Waals surface area (Å²) >= 11 is 11.4. The summed E-state index contributed by atoms with van der Waals surface area (Å²) in [6, 6.07) is 6.87. The Morgan fingerprint density at radius 3 is 2.67 bits per heavy atom. The molecular formula is C11H4Cl2FN3O. The molecule has 0 fully saturated rings. The highest BCUT2D eigenvalue weighted by Crippen LogP contribution is 2.29. The molecule has 0 aliphatic rings. The first-order chi connectivity index (χ1) is 8.60. The molecule has 0 saturated carbocycles. The summed E-state index contributed by atoms with van der Waals surface area (Å²) in [7, 11) is 0. The Kier molecular flexibility index (Phi) is 3.60. The van der Waals surface area contributed by atoms with Crippen LogP contribution < -0.4 is 4.74 Å². The average Bonchev–Trinajstić information content (AvgIpc) is 2.34. The van der Waals surface area contributed by atoms with Crippen LogP contribution in [-0.4, -0.2) is 10.2 Å². The van der Waals surface area contributed by atoms with Gasteiger partial charge in [0, 0.05) is 12.1 Å². The summed E-state index contributed by atoms with van der Waals surface area (Å²) in [5, 5.41) is 15.8. The van der Waals surface area contributed by atoms with Crippen LogP contribution in [0, 0.1) is 17.1 Å². The number of nitrogens with zero attached hydrogens (tertiary/aromatic N) is 3. The van der Waals surface area contributed by atoms with Crippen molar-refractivity contribution in [2.24, 2.45) is 0 Å². The zero-order chi connectivity index (χ0) is 13.1. The lowest BCUT2D eigenvalue weighted by atomic mass is 10.2. The normalized spacial score (nSPS) is 9.89. The maximum Gasteiger partial charge on any atom is 0.194 e. The first kappa shape index (κ1) is 12.6. The van der Waals surface area contributed by atoms with E-state index in [1.807, 2.05) is 0 Å². The predicted octanol–water partition coefficient (Wildman–Crippen LogP) is 3.59. The molecule has 7 heteroatoms. The summed E-state index contributed by atoms with van der Waals surface area (Å²) in [5.41, 5.74) is -0.0701. The van der Waals surface area contributed by atoms with Crippen LogP contribution in [0.25, 0.3) is 0 Å². The van der Waals surface area contributed by atoms with Gasteiger partial charge in [0.2, 0.25) is 0 Å². The number of benzene rings is 1. The summed E-state index contributed by atoms with van der Waals surface area (Å²) in [6.07, 6.45) is 0. The van der Waals surface area contributed by atoms with E-state index in [0.717, 1.165) is 6.07 Å². The monoisotopic (exact) mass is 283 g/mol. The van der Waals surface area contributed by atoms with E-state index in [1.165, 1.54) is 18.2 Å². The summed E-state index contributed by atoms with van der Waals surface area (Å²) in [6.45, 7) is 0. The summed E-state index contributed by atoms with van der Waals surface area (Å²) in [4.78, 5) is 0. The molecule has 2 rings (SSSR count). The van der Waals surface area contributed by atoms with Crippen LogP contribution >= 0.6 is 23.2 Å². The third kappa shape index (κ3) is 2.67. The maximum absolute atomic E-state index is 13.3. The zero-order valence-corrected chi connectivity index (χ0v) is 10.2. The van der Waals surface area contributed by atoms with Gasteiger partial charge in [-0.3, -0.25) is 0 Å². The van der Waals surface area contributed by atoms with Crippen LogP contribution in [0.15, 0.2) is 24.3 Å². The Labute approximate surface area is 112 Å². The molecule has 0 aliphatic heterocycles. The van der Waals surface area contributed by atoms with Crippen molar-refractivity contribution in [2.45, 2.75) is 0 Å². The Hall–Kier alpha value is -1.90. The minimum Gasteiger partial charge on any atom is -0.454 e. The van der Waals surface area contributed by atoms with Gasteiger partial charge in [0.15, 0.2) is 16.1 Å². The molecule has 18 heavy (non-hydrogen) atoms. The van der Waals surface area contributed by atoms with Gasteiger partial charge in [0.25, 0.3) is 0 Å². The third-order valence-electron chi connectivity index (χ3n) is 1.98. The first-order valence-electron chi connectivity index (χ1n) is 4.66. The molecule has 1 aromatic heterocycles. The molecular weight excluding hydrogens is 280 g/mol. The third-order valence-corrected chi connectivity index (χ3v) is 2.42. The van der Waals surface area contributed by atoms with E-state index < -0.39 is 5.82 Å². The van der Waals surface area contributed by atoms with E-state index in [2.05, 4.69) is 10.2 Å². The lowest BCUT2D eigenvalue weighted by Gasteiger charge is -2.06. The van der Waals surface area contributed by atoms with Crippen LogP contribution in [0.3, 0.4) is 0 Å². The van der Waals surface area contributed by atoms with Gasteiger partial charge in [-0.2, -0.15) is 5.26 Å². The number of ether oxygens (including phenoxy) is 1. The molecule has 2 aromatic rings. The Balaban J connectivity index is 2.32. The van der Waals surface area contributed by atoms with Gasteiger partial charge in [0.1, 0.15) is 17.6 Å². The quantitative estimate of drug-likeness (QED) is 0.845. The van der Waals surface area contributed by atoms with E-state index in [9.17, 15) is 4.39 Å². The highest BCUT2D eigenvalue weighted by Gasteiger charge is 2.09. The molecule has 0 radical (unpaired) electrons. The molecule has 0 saturated heterocycles. The topological polar surface area (TPSA) is 58.8 Å². The van der Waals surface area contributed by atoms with Crippen molar-refractivity contribution in [1.29, 1.82) is 5.26 Å². The fraction of sp³-hybridized carbons (Fsp3) is 0. The lowest BCUT2D eigenvalue weighted by molar-refractivity contribution is 0.473. The molecule has 4 nitrogen and oxygen atoms in total. The number of halogens is 3. The standard InChI is InChI=1S/C11H4Cl2FN3O/c12-10-4-9(11(13)17-16-10)18-7-2-1-6(5-15)8(14)3-7/h1-4H. The van der Waals surface area contributed by atoms with Crippen LogP contribution in [0.4, 0.5) is 4.39 Å². The smallest absolute Gasteiger partial charge is 0.194 e. The largest absolute Gasteiger partial charge is 0.454 e. The predicted molar refractivity (Wildman–Crippen MR) is 63.2 cm³/mol. The van der Waals surface area contributed by atoms with Crippen molar-refractivity contribution >= 4 is 23.2 Å². The Bertz CT molecular complexity index is 643. The van der Waals surface area contributed by atoms with E-state index in [-0.39, 0.29) is 27.4 Å². The molecule has 0 atom stereocenters. The summed E-state index contributed by atoms with van der Waals surface area (Å²) < 4.78 is 18.6. The summed E-state index contributed by atoms with van der Waals surface area (Å²) in [5.74, 6) is -0.350. The van der Waals surface area contributed by atoms with E-state index >= 15 is 0 Å². The number of hydrogen-bond donors (Lipinski definition) is 0. The second kappa shape index (κ2) is 5.17. The molecule has 1 heterocycles. The fourth-order valence-electron chi connectivity index (χ4n) is 1.19. The molecule has 0 amide bonds. The van der Waals surface area contributed by atoms with Gasteiger partial charge >= 0.3 is 0 Å². The number of aromatic nitrogens is 2. The van der Waals surface area contributed by atoms with Crippen molar-refractivity contribution in [2.75, 3.05) is 0 Å². The van der Waals surface area contributed by atoms with Gasteiger partial charge in [-0.25, -0.2) is 4.39 Å². The molecule has 0 aliphatic carbocycles. The Morgan fingerprint density at radius 1 is 1.22 bits per heavy atom. The number of rotatable bonds is 2. The van der Waals surface area contributed by atoms with E-state index in [4.69, 9.17) is 33.2 Å². The van der Waals surface area contributed by atoms with Crippen LogP contribution in [0.5, 0.6) is 11.5 Å². The van der Waals surface area contributed by atoms with Gasteiger partial charge in [-0.05, 0) is 12.1 Å². The van der Waals surface area contributed by atoms with Crippen LogP contribution in [-0.2, 0) is 0 Å². The zero-order valence-electron chi connectivity index (χ0n) is 8.69. The van der Waals surface area contributed by atoms with Gasteiger partial charge < -0.3 is 4.74 Å². The van der Waals surface area contributed by atoms with Crippen molar-refractivity contribution in [3.05, 3.63) is 46.0 Å². The highest BCUT2D eigenvalue weighted by atomic mass is 35.5. The van der Waals surface area contributed by atoms with Crippen molar-refractivity contribution in [3.63, 3.8) is 0 Å². The second-order valence-corrected chi connectivity index (χ2v) is 3.92. The van der Waals surface area contributed by atoms with E-state index in [0.29, 0.717) is 0 Å². The molecule has 1 aromatic carbocycles. The molecule has 90 valence electrons. The second-order valence-electron chi connectivity index (χ2n) is 3.18. The molecule has 0 bridgehead atoms. The maximum atomic E-state index is 13.3. The van der Waals surface area contributed by atoms with Crippen molar-refractivity contribution < 1.29 is 9.13 Å². The van der Waals surface area contributed by atoms with E-state index in [1.54, 1.807) is 6.07 Å². The minimum absolute atomic E-state index is 0.00386. The first-order valence-corrected chi connectivity index (χ1v) is 5.42. The van der Waals surface area contributed by atoms with Crippen LogP contribution in [0.2, 0.25) is 10.3 Å². The molecule has 0 spiro atoms. The number of hydrogen-bond acceptors (Lipinski definition) is 4. The highest BCUT2D eigenvalue weighted by molar-refractivity contribution is 6.32. The lowest BCUT2D eigenvalue weighted by Crippen LogP contribution is -1.92. The average molecular weight is 284 g/mol. The van der Waals surface area contributed by atoms with Gasteiger partial charge in [0.05, 0.1) is 5.56 Å². The molecule has 0 N–H and O–H groups in total.